The van der Waals surface area contributed by atoms with Crippen LogP contribution in [-0.2, 0) is 15.0 Å². The normalized spacial score (nSPS) is 34.7. The standard InChI is InChI=1S/C17H14BrF2NO3/c18-7-5-9(19)13(10(20)6-7)17(15(21)24)11-2-1-8(12(17)14(22)23)16(11)3-4-16/h1-2,5-6,8,11-12H,3-4H2,(H2,21,24)(H,22,23)/t8-,11+,12+,17-/m1/s1. The zero-order valence-electron chi connectivity index (χ0n) is 12.4. The van der Waals surface area contributed by atoms with Crippen molar-refractivity contribution in [3.8, 4) is 0 Å². The third-order valence-electron chi connectivity index (χ3n) is 6.06. The largest absolute Gasteiger partial charge is 0.481 e. The number of aliphatic carboxylic acids is 1. The van der Waals surface area contributed by atoms with Crippen LogP contribution in [0.3, 0.4) is 0 Å². The van der Waals surface area contributed by atoms with E-state index in [1.807, 2.05) is 0 Å². The second kappa shape index (κ2) is 4.65. The van der Waals surface area contributed by atoms with Crippen LogP contribution in [0.5, 0.6) is 0 Å². The van der Waals surface area contributed by atoms with Crippen LogP contribution in [0, 0.1) is 34.8 Å². The van der Waals surface area contributed by atoms with Gasteiger partial charge in [0.15, 0.2) is 0 Å². The molecule has 2 saturated carbocycles. The van der Waals surface area contributed by atoms with Gasteiger partial charge < -0.3 is 10.8 Å². The lowest BCUT2D eigenvalue weighted by atomic mass is 9.63. The van der Waals surface area contributed by atoms with Gasteiger partial charge in [-0.25, -0.2) is 8.78 Å². The van der Waals surface area contributed by atoms with Crippen molar-refractivity contribution in [3.05, 3.63) is 46.0 Å². The maximum Gasteiger partial charge on any atom is 0.308 e. The minimum atomic E-state index is -1.91. The van der Waals surface area contributed by atoms with Gasteiger partial charge in [-0.1, -0.05) is 28.1 Å². The number of carbonyl (C=O) groups is 2. The molecule has 126 valence electrons. The van der Waals surface area contributed by atoms with Crippen LogP contribution in [0.25, 0.3) is 0 Å². The minimum absolute atomic E-state index is 0.174. The van der Waals surface area contributed by atoms with Gasteiger partial charge in [-0.05, 0) is 36.3 Å². The van der Waals surface area contributed by atoms with E-state index in [-0.39, 0.29) is 4.47 Å². The molecular weight excluding hydrogens is 384 g/mol. The van der Waals surface area contributed by atoms with E-state index >= 15 is 0 Å². The lowest BCUT2D eigenvalue weighted by Crippen LogP contribution is -2.53. The fraction of sp³-hybridized carbons (Fsp3) is 0.412. The van der Waals surface area contributed by atoms with E-state index in [1.165, 1.54) is 0 Å². The second-order valence-electron chi connectivity index (χ2n) is 6.92. The Morgan fingerprint density at radius 2 is 1.79 bits per heavy atom. The molecule has 7 heteroatoms. The predicted molar refractivity (Wildman–Crippen MR) is 83.8 cm³/mol. The fourth-order valence-corrected chi connectivity index (χ4v) is 5.56. The summed E-state index contributed by atoms with van der Waals surface area (Å²) in [6.45, 7) is 0. The molecule has 3 aliphatic carbocycles. The molecule has 3 aliphatic rings. The molecule has 2 bridgehead atoms. The zero-order valence-corrected chi connectivity index (χ0v) is 14.0. The summed E-state index contributed by atoms with van der Waals surface area (Å²) in [6, 6.07) is 2.08. The Bertz CT molecular complexity index is 797. The number of carbonyl (C=O) groups excluding carboxylic acids is 1. The maximum absolute atomic E-state index is 14.7. The molecular formula is C17H14BrF2NO3. The summed E-state index contributed by atoms with van der Waals surface area (Å²) in [6.07, 6.45) is 4.96. The molecule has 0 heterocycles. The van der Waals surface area contributed by atoms with Gasteiger partial charge in [0.25, 0.3) is 0 Å². The van der Waals surface area contributed by atoms with Crippen molar-refractivity contribution < 1.29 is 23.5 Å². The number of primary amides is 1. The Kier molecular flexibility index (Phi) is 3.05. The van der Waals surface area contributed by atoms with E-state index in [0.717, 1.165) is 25.0 Å². The molecule has 2 fully saturated rings. The second-order valence-corrected chi connectivity index (χ2v) is 7.83. The lowest BCUT2D eigenvalue weighted by molar-refractivity contribution is -0.149. The molecule has 0 unspecified atom stereocenters. The van der Waals surface area contributed by atoms with E-state index in [9.17, 15) is 23.5 Å². The smallest absolute Gasteiger partial charge is 0.308 e. The van der Waals surface area contributed by atoms with Crippen molar-refractivity contribution >= 4 is 27.8 Å². The third-order valence-corrected chi connectivity index (χ3v) is 6.51. The topological polar surface area (TPSA) is 80.4 Å². The van der Waals surface area contributed by atoms with Gasteiger partial charge >= 0.3 is 5.97 Å². The van der Waals surface area contributed by atoms with Crippen molar-refractivity contribution in [1.82, 2.24) is 0 Å². The molecule has 0 radical (unpaired) electrons. The fourth-order valence-electron chi connectivity index (χ4n) is 5.16. The van der Waals surface area contributed by atoms with Crippen LogP contribution in [0.1, 0.15) is 18.4 Å². The van der Waals surface area contributed by atoms with E-state index < -0.39 is 57.7 Å². The van der Waals surface area contributed by atoms with Gasteiger partial charge in [-0.2, -0.15) is 0 Å². The average Bonchev–Trinajstić information content (AvgIpc) is 3.12. The number of hydrogen-bond donors (Lipinski definition) is 2. The van der Waals surface area contributed by atoms with Crippen molar-refractivity contribution in [1.29, 1.82) is 0 Å². The van der Waals surface area contributed by atoms with Gasteiger partial charge in [-0.15, -0.1) is 0 Å². The number of halogens is 3. The highest BCUT2D eigenvalue weighted by atomic mass is 79.9. The number of amides is 1. The predicted octanol–water partition coefficient (Wildman–Crippen LogP) is 2.75. The van der Waals surface area contributed by atoms with Crippen LogP contribution in [0.4, 0.5) is 8.78 Å². The van der Waals surface area contributed by atoms with E-state index in [0.29, 0.717) is 0 Å². The van der Waals surface area contributed by atoms with Crippen LogP contribution in [0.2, 0.25) is 0 Å². The van der Waals surface area contributed by atoms with Crippen molar-refractivity contribution in [2.75, 3.05) is 0 Å². The number of benzene rings is 1. The van der Waals surface area contributed by atoms with Crippen LogP contribution in [0.15, 0.2) is 28.8 Å². The lowest BCUT2D eigenvalue weighted by Gasteiger charge is -2.38. The maximum atomic E-state index is 14.7. The molecule has 24 heavy (non-hydrogen) atoms. The third kappa shape index (κ3) is 1.61. The van der Waals surface area contributed by atoms with Crippen molar-refractivity contribution in [2.45, 2.75) is 18.3 Å². The Morgan fingerprint density at radius 3 is 2.25 bits per heavy atom. The summed E-state index contributed by atoms with van der Waals surface area (Å²) in [5.41, 5.74) is 2.78. The molecule has 4 rings (SSSR count). The Morgan fingerprint density at radius 1 is 1.21 bits per heavy atom. The molecule has 1 aromatic rings. The number of carboxylic acid groups (broad SMARTS) is 1. The van der Waals surface area contributed by atoms with E-state index in [2.05, 4.69) is 15.9 Å². The molecule has 3 N–H and O–H groups in total. The van der Waals surface area contributed by atoms with Crippen molar-refractivity contribution in [2.24, 2.45) is 28.9 Å². The Hall–Kier alpha value is -1.76. The highest BCUT2D eigenvalue weighted by Gasteiger charge is 2.77. The van der Waals surface area contributed by atoms with E-state index in [4.69, 9.17) is 5.73 Å². The van der Waals surface area contributed by atoms with Gasteiger partial charge in [-0.3, -0.25) is 9.59 Å². The summed E-state index contributed by atoms with van der Waals surface area (Å²) < 4.78 is 29.6. The number of allylic oxidation sites excluding steroid dienone is 2. The van der Waals surface area contributed by atoms with Crippen LogP contribution in [-0.4, -0.2) is 17.0 Å². The summed E-state index contributed by atoms with van der Waals surface area (Å²) in [5.74, 6) is -6.45. The SMILES string of the molecule is NC(=O)[C@@]1(c2c(F)cc(Br)cc2F)[C@H](C(=O)O)[C@H]2C=C[C@H]1C21CC1. The average molecular weight is 398 g/mol. The molecule has 0 saturated heterocycles. The first-order valence-corrected chi connectivity index (χ1v) is 8.42. The molecule has 0 aliphatic heterocycles. The first-order valence-electron chi connectivity index (χ1n) is 7.63. The highest BCUT2D eigenvalue weighted by molar-refractivity contribution is 9.10. The zero-order chi connectivity index (χ0) is 17.4. The number of nitrogens with two attached hydrogens (primary N) is 1. The highest BCUT2D eigenvalue weighted by Crippen LogP contribution is 2.76. The van der Waals surface area contributed by atoms with Gasteiger partial charge in [0, 0.05) is 16.0 Å². The first kappa shape index (κ1) is 15.7. The number of carboxylic acids is 1. The molecule has 1 amide bonds. The number of hydrogen-bond acceptors (Lipinski definition) is 2. The first-order chi connectivity index (χ1) is 11.3. The quantitative estimate of drug-likeness (QED) is 0.769. The molecule has 0 aromatic heterocycles. The van der Waals surface area contributed by atoms with Crippen LogP contribution >= 0.6 is 15.9 Å². The summed E-state index contributed by atoms with van der Waals surface area (Å²) in [7, 11) is 0. The summed E-state index contributed by atoms with van der Waals surface area (Å²) in [5, 5.41) is 9.78. The molecule has 1 aromatic carbocycles. The van der Waals surface area contributed by atoms with Gasteiger partial charge in [0.1, 0.15) is 17.0 Å². The van der Waals surface area contributed by atoms with Crippen LogP contribution < -0.4 is 5.73 Å². The molecule has 1 spiro atoms. The molecule has 4 nitrogen and oxygen atoms in total. The monoisotopic (exact) mass is 397 g/mol. The Labute approximate surface area is 144 Å². The minimum Gasteiger partial charge on any atom is -0.481 e. The summed E-state index contributed by atoms with van der Waals surface area (Å²) in [4.78, 5) is 24.5. The van der Waals surface area contributed by atoms with E-state index in [1.54, 1.807) is 12.2 Å². The summed E-state index contributed by atoms with van der Waals surface area (Å²) >= 11 is 3.00. The number of rotatable bonds is 3. The molecule has 4 atom stereocenters. The van der Waals surface area contributed by atoms with Gasteiger partial charge in [0.05, 0.1) is 5.92 Å². The van der Waals surface area contributed by atoms with Crippen molar-refractivity contribution in [3.63, 3.8) is 0 Å². The Balaban J connectivity index is 2.06. The van der Waals surface area contributed by atoms with Gasteiger partial charge in [0.2, 0.25) is 5.91 Å².